The number of ether oxygens (including phenoxy) is 1. The molecule has 1 rings (SSSR count). The van der Waals surface area contributed by atoms with E-state index in [0.717, 1.165) is 12.8 Å². The number of rotatable bonds is 7. The van der Waals surface area contributed by atoms with Crippen LogP contribution in [0, 0.1) is 17.8 Å². The van der Waals surface area contributed by atoms with Crippen molar-refractivity contribution in [2.75, 3.05) is 6.61 Å². The first-order chi connectivity index (χ1) is 9.52. The monoisotopic (exact) mass is 310 g/mol. The van der Waals surface area contributed by atoms with Crippen LogP contribution in [-0.2, 0) is 9.53 Å². The van der Waals surface area contributed by atoms with Crippen LogP contribution in [0.2, 0.25) is 0 Å². The van der Waals surface area contributed by atoms with Crippen LogP contribution in [-0.4, -0.2) is 29.5 Å². The summed E-state index contributed by atoms with van der Waals surface area (Å²) in [6, 6.07) is 0. The van der Waals surface area contributed by atoms with Crippen molar-refractivity contribution >= 4 is 5.97 Å². The fourth-order valence-corrected chi connectivity index (χ4v) is 2.34. The van der Waals surface area contributed by atoms with E-state index in [1.54, 1.807) is 20.8 Å². The average Bonchev–Trinajstić information content (AvgIpc) is 3.08. The number of carbonyl (C=O) groups excluding carboxylic acids is 1. The fourth-order valence-electron chi connectivity index (χ4n) is 2.34. The van der Waals surface area contributed by atoms with Gasteiger partial charge in [0.1, 0.15) is 5.60 Å². The molecule has 2 atom stereocenters. The zero-order chi connectivity index (χ0) is 16.3. The largest absolute Gasteiger partial charge is 0.460 e. The van der Waals surface area contributed by atoms with E-state index in [9.17, 15) is 23.1 Å². The Morgan fingerprint density at radius 2 is 1.86 bits per heavy atom. The van der Waals surface area contributed by atoms with Crippen LogP contribution in [0.1, 0.15) is 52.9 Å². The Hall–Kier alpha value is -0.780. The van der Waals surface area contributed by atoms with Crippen LogP contribution < -0.4 is 0 Å². The summed E-state index contributed by atoms with van der Waals surface area (Å²) in [5, 5.41) is 9.40. The van der Waals surface area contributed by atoms with Gasteiger partial charge in [-0.05, 0) is 45.4 Å². The summed E-state index contributed by atoms with van der Waals surface area (Å²) in [7, 11) is 0. The fraction of sp³-hybridized carbons (Fsp3) is 0.933. The van der Waals surface area contributed by atoms with Gasteiger partial charge in [0.25, 0.3) is 0 Å². The molecule has 6 heteroatoms. The summed E-state index contributed by atoms with van der Waals surface area (Å²) in [5.41, 5.74) is -0.678. The highest BCUT2D eigenvalue weighted by Gasteiger charge is 2.38. The first-order valence-corrected chi connectivity index (χ1v) is 7.42. The summed E-state index contributed by atoms with van der Waals surface area (Å²) in [4.78, 5) is 12.2. The molecule has 0 aromatic rings. The van der Waals surface area contributed by atoms with Crippen molar-refractivity contribution < 1.29 is 27.8 Å². The van der Waals surface area contributed by atoms with Gasteiger partial charge in [-0.2, -0.15) is 13.2 Å². The van der Waals surface area contributed by atoms with Gasteiger partial charge in [0, 0.05) is 13.0 Å². The zero-order valence-electron chi connectivity index (χ0n) is 12.9. The van der Waals surface area contributed by atoms with Crippen LogP contribution >= 0.6 is 0 Å². The molecule has 1 aliphatic carbocycles. The van der Waals surface area contributed by atoms with Crippen molar-refractivity contribution in [2.24, 2.45) is 17.8 Å². The molecule has 0 aromatic carbocycles. The van der Waals surface area contributed by atoms with Crippen molar-refractivity contribution in [1.29, 1.82) is 0 Å². The maximum atomic E-state index is 12.4. The van der Waals surface area contributed by atoms with Gasteiger partial charge in [-0.15, -0.1) is 0 Å². The molecule has 0 aliphatic heterocycles. The van der Waals surface area contributed by atoms with E-state index in [1.807, 2.05) is 0 Å². The SMILES string of the molecule is CC(C)(C)OC(=O)[C@H](CC1CC1)[C@H](CO)CCC(F)(F)F. The number of aliphatic hydroxyl groups excluding tert-OH is 1. The molecule has 1 saturated carbocycles. The Morgan fingerprint density at radius 1 is 1.29 bits per heavy atom. The maximum Gasteiger partial charge on any atom is 0.389 e. The predicted molar refractivity (Wildman–Crippen MR) is 72.5 cm³/mol. The molecule has 0 heterocycles. The third kappa shape index (κ3) is 7.69. The van der Waals surface area contributed by atoms with Crippen molar-refractivity contribution in [1.82, 2.24) is 0 Å². The summed E-state index contributed by atoms with van der Waals surface area (Å²) >= 11 is 0. The van der Waals surface area contributed by atoms with E-state index in [4.69, 9.17) is 4.74 Å². The minimum atomic E-state index is -4.27. The number of alkyl halides is 3. The van der Waals surface area contributed by atoms with Crippen molar-refractivity contribution in [3.05, 3.63) is 0 Å². The third-order valence-corrected chi connectivity index (χ3v) is 3.60. The number of halogens is 3. The van der Waals surface area contributed by atoms with Gasteiger partial charge in [-0.1, -0.05) is 12.8 Å². The van der Waals surface area contributed by atoms with Crippen LogP contribution in [0.3, 0.4) is 0 Å². The summed E-state index contributed by atoms with van der Waals surface area (Å²) in [6.45, 7) is 4.75. The Bertz CT molecular complexity index is 343. The van der Waals surface area contributed by atoms with E-state index in [-0.39, 0.29) is 6.42 Å². The lowest BCUT2D eigenvalue weighted by Gasteiger charge is -2.28. The average molecular weight is 310 g/mol. The Kier molecular flexibility index (Phi) is 6.08. The minimum absolute atomic E-state index is 0.239. The molecular weight excluding hydrogens is 285 g/mol. The number of carbonyl (C=O) groups is 1. The number of esters is 1. The van der Waals surface area contributed by atoms with Crippen molar-refractivity contribution in [2.45, 2.75) is 64.7 Å². The van der Waals surface area contributed by atoms with E-state index >= 15 is 0 Å². The highest BCUT2D eigenvalue weighted by molar-refractivity contribution is 5.73. The molecule has 1 aliphatic rings. The van der Waals surface area contributed by atoms with Gasteiger partial charge in [0.05, 0.1) is 5.92 Å². The molecule has 1 fully saturated rings. The van der Waals surface area contributed by atoms with Crippen LogP contribution in [0.4, 0.5) is 13.2 Å². The summed E-state index contributed by atoms with van der Waals surface area (Å²) < 4.78 is 42.4. The van der Waals surface area contributed by atoms with Crippen LogP contribution in [0.5, 0.6) is 0 Å². The smallest absolute Gasteiger partial charge is 0.389 e. The standard InChI is InChI=1S/C15H25F3O3/c1-14(2,3)21-13(20)12(8-10-4-5-10)11(9-19)6-7-15(16,17)18/h10-12,19H,4-9H2,1-3H3/t11-,12+/m0/s1. The second-order valence-electron chi connectivity index (χ2n) is 6.92. The molecule has 0 radical (unpaired) electrons. The Labute approximate surface area is 123 Å². The molecule has 0 amide bonds. The normalized spacial score (nSPS) is 19.2. The summed E-state index contributed by atoms with van der Waals surface area (Å²) in [5.74, 6) is -1.45. The predicted octanol–water partition coefficient (Wildman–Crippen LogP) is 3.70. The van der Waals surface area contributed by atoms with Gasteiger partial charge in [-0.25, -0.2) is 0 Å². The molecule has 0 unspecified atom stereocenters. The van der Waals surface area contributed by atoms with Gasteiger partial charge in [-0.3, -0.25) is 4.79 Å². The van der Waals surface area contributed by atoms with Crippen molar-refractivity contribution in [3.8, 4) is 0 Å². The molecule has 3 nitrogen and oxygen atoms in total. The van der Waals surface area contributed by atoms with Crippen LogP contribution in [0.25, 0.3) is 0 Å². The maximum absolute atomic E-state index is 12.4. The van der Waals surface area contributed by atoms with Crippen molar-refractivity contribution in [3.63, 3.8) is 0 Å². The molecule has 21 heavy (non-hydrogen) atoms. The summed E-state index contributed by atoms with van der Waals surface area (Å²) in [6.07, 6.45) is -2.99. The molecule has 124 valence electrons. The van der Waals surface area contributed by atoms with Gasteiger partial charge >= 0.3 is 12.1 Å². The lowest BCUT2D eigenvalue weighted by molar-refractivity contribution is -0.166. The minimum Gasteiger partial charge on any atom is -0.460 e. The van der Waals surface area contributed by atoms with Gasteiger partial charge in [0.2, 0.25) is 0 Å². The second kappa shape index (κ2) is 6.99. The van der Waals surface area contributed by atoms with Gasteiger partial charge < -0.3 is 9.84 Å². The Morgan fingerprint density at radius 3 is 2.24 bits per heavy atom. The third-order valence-electron chi connectivity index (χ3n) is 3.60. The molecule has 0 spiro atoms. The van der Waals surface area contributed by atoms with Crippen LogP contribution in [0.15, 0.2) is 0 Å². The lowest BCUT2D eigenvalue weighted by atomic mass is 9.84. The zero-order valence-corrected chi connectivity index (χ0v) is 12.9. The number of hydrogen-bond donors (Lipinski definition) is 1. The number of aliphatic hydroxyl groups is 1. The Balaban J connectivity index is 2.70. The molecular formula is C15H25F3O3. The molecule has 1 N–H and O–H groups in total. The molecule has 0 aromatic heterocycles. The lowest BCUT2D eigenvalue weighted by Crippen LogP contribution is -2.34. The number of hydrogen-bond acceptors (Lipinski definition) is 3. The highest BCUT2D eigenvalue weighted by atomic mass is 19.4. The van der Waals surface area contributed by atoms with E-state index in [0.29, 0.717) is 12.3 Å². The highest BCUT2D eigenvalue weighted by Crippen LogP contribution is 2.40. The van der Waals surface area contributed by atoms with Gasteiger partial charge in [0.15, 0.2) is 0 Å². The molecule has 0 saturated heterocycles. The topological polar surface area (TPSA) is 46.5 Å². The van der Waals surface area contributed by atoms with E-state index in [1.165, 1.54) is 0 Å². The van der Waals surface area contributed by atoms with E-state index in [2.05, 4.69) is 0 Å². The first kappa shape index (κ1) is 18.3. The first-order valence-electron chi connectivity index (χ1n) is 7.42. The van der Waals surface area contributed by atoms with E-state index < -0.39 is 42.6 Å². The molecule has 0 bridgehead atoms. The quantitative estimate of drug-likeness (QED) is 0.729. The second-order valence-corrected chi connectivity index (χ2v) is 6.92.